The molecule has 2 heterocycles. The van der Waals surface area contributed by atoms with Crippen molar-refractivity contribution in [1.29, 1.82) is 0 Å². The van der Waals surface area contributed by atoms with Gasteiger partial charge in [0.25, 0.3) is 0 Å². The van der Waals surface area contributed by atoms with Crippen molar-refractivity contribution in [1.82, 2.24) is 14.3 Å². The lowest BCUT2D eigenvalue weighted by Crippen LogP contribution is -2.24. The number of hydrogen-bond donors (Lipinski definition) is 1. The highest BCUT2D eigenvalue weighted by Crippen LogP contribution is 2.29. The average molecular weight is 410 g/mol. The van der Waals surface area contributed by atoms with E-state index in [1.807, 2.05) is 53.5 Å². The summed E-state index contributed by atoms with van der Waals surface area (Å²) in [5.74, 6) is 1.47. The molecule has 1 fully saturated rings. The minimum atomic E-state index is -2.54. The molecule has 154 valence electrons. The van der Waals surface area contributed by atoms with Gasteiger partial charge in [0.2, 0.25) is 0 Å². The molecule has 4 nitrogen and oxygen atoms in total. The molecule has 4 rings (SSSR count). The highest BCUT2D eigenvalue weighted by atomic mass is 32.2. The lowest BCUT2D eigenvalue weighted by atomic mass is 9.91. The van der Waals surface area contributed by atoms with Crippen LogP contribution in [-0.2, 0) is 16.1 Å². The molecule has 5 heteroatoms. The third-order valence-corrected chi connectivity index (χ3v) is 8.71. The zero-order chi connectivity index (χ0) is 20.4. The minimum absolute atomic E-state index is 0.605. The van der Waals surface area contributed by atoms with Crippen LogP contribution in [0, 0.1) is 12.8 Å². The molecule has 1 aliphatic rings. The predicted octanol–water partition coefficient (Wildman–Crippen LogP) is 4.59. The Kier molecular flexibility index (Phi) is 5.79. The van der Waals surface area contributed by atoms with Gasteiger partial charge < -0.3 is 5.32 Å². The van der Waals surface area contributed by atoms with E-state index in [2.05, 4.69) is 30.4 Å². The van der Waals surface area contributed by atoms with Crippen molar-refractivity contribution in [3.63, 3.8) is 0 Å². The molecule has 0 radical (unpaired) electrons. The summed E-state index contributed by atoms with van der Waals surface area (Å²) in [7, 11) is -2.54. The molecule has 3 unspecified atom stereocenters. The first-order valence-electron chi connectivity index (χ1n) is 10.6. The van der Waals surface area contributed by atoms with Crippen molar-refractivity contribution in [3.05, 3.63) is 59.9 Å². The number of benzene rings is 2. The maximum Gasteiger partial charge on any atom is 0.118 e. The fraction of sp³-hybridized carbons (Fsp3) is 0.417. The smallest absolute Gasteiger partial charge is 0.118 e. The van der Waals surface area contributed by atoms with Gasteiger partial charge in [0.1, 0.15) is 5.82 Å². The van der Waals surface area contributed by atoms with Crippen LogP contribution in [0.15, 0.2) is 53.4 Å². The van der Waals surface area contributed by atoms with Crippen LogP contribution in [0.4, 0.5) is 0 Å². The third kappa shape index (κ3) is 3.86. The Morgan fingerprint density at radius 1 is 1.14 bits per heavy atom. The molecule has 3 aromatic rings. The van der Waals surface area contributed by atoms with Gasteiger partial charge >= 0.3 is 0 Å². The van der Waals surface area contributed by atoms with Crippen molar-refractivity contribution in [2.75, 3.05) is 6.54 Å². The molecular formula is C24H31N3OS. The standard InChI is InChI=1S/C24H31N3OS/c1-4-29(28,22-10-6-5-7-11-22)27-19(3)26-24-21(9-8-12-23(24)27)17-20-14-13-18(2)25-16-15-20/h4-12,18,20,25H,13-17H2,1-3H3. The molecule has 29 heavy (non-hydrogen) atoms. The molecule has 1 aromatic heterocycles. The predicted molar refractivity (Wildman–Crippen MR) is 123 cm³/mol. The molecule has 1 saturated heterocycles. The fourth-order valence-electron chi connectivity index (χ4n) is 4.50. The number of para-hydroxylation sites is 1. The number of rotatable bonds is 4. The molecule has 0 aliphatic carbocycles. The van der Waals surface area contributed by atoms with Gasteiger partial charge in [-0.3, -0.25) is 0 Å². The van der Waals surface area contributed by atoms with Gasteiger partial charge in [-0.05, 0) is 88.0 Å². The third-order valence-electron chi connectivity index (χ3n) is 6.12. The lowest BCUT2D eigenvalue weighted by molar-refractivity contribution is 0.465. The first-order valence-corrected chi connectivity index (χ1v) is 12.2. The summed E-state index contributed by atoms with van der Waals surface area (Å²) >= 11 is 0. The number of hydrogen-bond acceptors (Lipinski definition) is 3. The largest absolute Gasteiger partial charge is 0.314 e. The number of imidazole rings is 1. The van der Waals surface area contributed by atoms with Gasteiger partial charge in [-0.15, -0.1) is 0 Å². The van der Waals surface area contributed by atoms with Gasteiger partial charge in [-0.1, -0.05) is 30.3 Å². The molecule has 0 amide bonds. The second-order valence-corrected chi connectivity index (χ2v) is 10.6. The summed E-state index contributed by atoms with van der Waals surface area (Å²) in [6.07, 6.45) is 4.70. The van der Waals surface area contributed by atoms with Crippen LogP contribution in [0.1, 0.15) is 44.5 Å². The van der Waals surface area contributed by atoms with E-state index in [4.69, 9.17) is 4.98 Å². The zero-order valence-corrected chi connectivity index (χ0v) is 18.4. The van der Waals surface area contributed by atoms with Crippen molar-refractivity contribution in [2.24, 2.45) is 5.92 Å². The number of aromatic nitrogens is 2. The Labute approximate surface area is 174 Å². The molecule has 0 bridgehead atoms. The molecule has 1 aliphatic heterocycles. The van der Waals surface area contributed by atoms with Crippen molar-refractivity contribution >= 4 is 26.1 Å². The first-order chi connectivity index (χ1) is 14.0. The van der Waals surface area contributed by atoms with Gasteiger partial charge in [-0.2, -0.15) is 0 Å². The van der Waals surface area contributed by atoms with Crippen LogP contribution >= 0.6 is 0 Å². The molecular weight excluding hydrogens is 378 g/mol. The zero-order valence-electron chi connectivity index (χ0n) is 17.6. The lowest BCUT2D eigenvalue weighted by Gasteiger charge is -2.16. The van der Waals surface area contributed by atoms with Crippen LogP contribution in [0.3, 0.4) is 0 Å². The summed E-state index contributed by atoms with van der Waals surface area (Å²) in [6, 6.07) is 16.7. The summed E-state index contributed by atoms with van der Waals surface area (Å²) in [4.78, 5) is 5.72. The second-order valence-electron chi connectivity index (χ2n) is 8.15. The maximum atomic E-state index is 14.1. The number of nitrogens with zero attached hydrogens (tertiary/aromatic N) is 2. The van der Waals surface area contributed by atoms with E-state index in [1.54, 1.807) is 0 Å². The van der Waals surface area contributed by atoms with E-state index in [1.165, 1.54) is 24.8 Å². The summed E-state index contributed by atoms with van der Waals surface area (Å²) in [6.45, 7) is 7.20. The van der Waals surface area contributed by atoms with Crippen LogP contribution in [-0.4, -0.2) is 31.1 Å². The van der Waals surface area contributed by atoms with E-state index < -0.39 is 9.71 Å². The van der Waals surface area contributed by atoms with Crippen molar-refractivity contribution in [2.45, 2.75) is 57.4 Å². The van der Waals surface area contributed by atoms with Gasteiger partial charge in [0, 0.05) is 6.04 Å². The van der Waals surface area contributed by atoms with Crippen molar-refractivity contribution in [3.8, 4) is 0 Å². The average Bonchev–Trinajstić information content (AvgIpc) is 2.95. The van der Waals surface area contributed by atoms with Gasteiger partial charge in [0.15, 0.2) is 0 Å². The second kappa shape index (κ2) is 8.33. The number of aryl methyl sites for hydroxylation is 1. The van der Waals surface area contributed by atoms with Gasteiger partial charge in [-0.25, -0.2) is 13.2 Å². The highest BCUT2D eigenvalue weighted by molar-refractivity contribution is 8.00. The molecule has 0 spiro atoms. The first kappa shape index (κ1) is 20.2. The highest BCUT2D eigenvalue weighted by Gasteiger charge is 2.22. The van der Waals surface area contributed by atoms with Crippen LogP contribution in [0.2, 0.25) is 0 Å². The van der Waals surface area contributed by atoms with E-state index >= 15 is 0 Å². The Balaban J connectivity index is 1.78. The van der Waals surface area contributed by atoms with Crippen molar-refractivity contribution < 1.29 is 4.21 Å². The Morgan fingerprint density at radius 3 is 2.69 bits per heavy atom. The van der Waals surface area contributed by atoms with E-state index in [9.17, 15) is 4.21 Å². The molecule has 1 N–H and O–H groups in total. The summed E-state index contributed by atoms with van der Waals surface area (Å²) in [5, 5.41) is 5.42. The molecule has 2 aromatic carbocycles. The number of fused-ring (bicyclic) bond motifs is 1. The topological polar surface area (TPSA) is 46.9 Å². The molecule has 0 saturated carbocycles. The SMILES string of the molecule is CC=S(=O)(c1ccccc1)n1c(C)nc2c(CC3CCNC(C)CC3)cccc21. The summed E-state index contributed by atoms with van der Waals surface area (Å²) < 4.78 is 16.0. The van der Waals surface area contributed by atoms with Crippen LogP contribution in [0.5, 0.6) is 0 Å². The Morgan fingerprint density at radius 2 is 1.93 bits per heavy atom. The quantitative estimate of drug-likeness (QED) is 0.641. The van der Waals surface area contributed by atoms with Crippen LogP contribution in [0.25, 0.3) is 11.0 Å². The van der Waals surface area contributed by atoms with E-state index in [0.29, 0.717) is 12.0 Å². The summed E-state index contributed by atoms with van der Waals surface area (Å²) in [5.41, 5.74) is 3.24. The Bertz CT molecular complexity index is 1110. The number of nitrogens with one attached hydrogen (secondary N) is 1. The minimum Gasteiger partial charge on any atom is -0.314 e. The van der Waals surface area contributed by atoms with E-state index in [-0.39, 0.29) is 0 Å². The van der Waals surface area contributed by atoms with E-state index in [0.717, 1.165) is 34.7 Å². The fourth-order valence-corrected chi connectivity index (χ4v) is 6.62. The van der Waals surface area contributed by atoms with Crippen LogP contribution < -0.4 is 5.32 Å². The maximum absolute atomic E-state index is 14.1. The molecule has 3 atom stereocenters. The van der Waals surface area contributed by atoms with Gasteiger partial charge in [0.05, 0.1) is 25.6 Å². The Hall–Kier alpha value is -2.11. The monoisotopic (exact) mass is 409 g/mol. The normalized spacial score (nSPS) is 22.2.